The fourth-order valence-electron chi connectivity index (χ4n) is 5.54. The van der Waals surface area contributed by atoms with E-state index < -0.39 is 34.6 Å². The van der Waals surface area contributed by atoms with Gasteiger partial charge in [-0.2, -0.15) is 0 Å². The number of ether oxygens (including phenoxy) is 3. The van der Waals surface area contributed by atoms with Crippen LogP contribution in [0.25, 0.3) is 10.8 Å². The number of fused-ring (bicyclic) bond motifs is 4. The van der Waals surface area contributed by atoms with Gasteiger partial charge in [-0.3, -0.25) is 19.2 Å². The standard InChI is InChI=1S/C31H29NO7/c1-6-38-23-14-22(37-5)26(30(36)32-15-20-16(2)11-12-18-9-7-8-10-19(18)20)28-27(23)31(4)24(39-28)13-21(34)25(17(3)33)29(31)35/h7-14,25H,6,15H2,1-5H3,(H,32,36)/t25?,31-/m1/s1. The molecule has 1 aliphatic carbocycles. The van der Waals surface area contributed by atoms with Gasteiger partial charge >= 0.3 is 0 Å². The summed E-state index contributed by atoms with van der Waals surface area (Å²) in [5.74, 6) is -3.14. The third kappa shape index (κ3) is 3.98. The van der Waals surface area contributed by atoms with E-state index in [4.69, 9.17) is 14.2 Å². The van der Waals surface area contributed by atoms with Gasteiger partial charge in [0.15, 0.2) is 17.3 Å². The van der Waals surface area contributed by atoms with E-state index >= 15 is 0 Å². The van der Waals surface area contributed by atoms with E-state index in [-0.39, 0.29) is 41.7 Å². The summed E-state index contributed by atoms with van der Waals surface area (Å²) in [5.41, 5.74) is 0.878. The van der Waals surface area contributed by atoms with Crippen molar-refractivity contribution in [2.24, 2.45) is 5.92 Å². The van der Waals surface area contributed by atoms with Crippen molar-refractivity contribution in [3.8, 4) is 17.2 Å². The van der Waals surface area contributed by atoms with E-state index in [2.05, 4.69) is 5.32 Å². The van der Waals surface area contributed by atoms with Crippen LogP contribution in [0.5, 0.6) is 17.2 Å². The first-order chi connectivity index (χ1) is 18.6. The summed E-state index contributed by atoms with van der Waals surface area (Å²) in [4.78, 5) is 52.4. The first-order valence-electron chi connectivity index (χ1n) is 12.8. The fourth-order valence-corrected chi connectivity index (χ4v) is 5.54. The summed E-state index contributed by atoms with van der Waals surface area (Å²) < 4.78 is 17.5. The van der Waals surface area contributed by atoms with Gasteiger partial charge in [0.1, 0.15) is 39.9 Å². The number of benzene rings is 3. The molecule has 0 fully saturated rings. The molecule has 39 heavy (non-hydrogen) atoms. The third-order valence-corrected chi connectivity index (χ3v) is 7.58. The highest BCUT2D eigenvalue weighted by molar-refractivity contribution is 6.27. The lowest BCUT2D eigenvalue weighted by atomic mass is 9.67. The predicted molar refractivity (Wildman–Crippen MR) is 144 cm³/mol. The minimum absolute atomic E-state index is 0.0538. The first kappa shape index (κ1) is 26.2. The lowest BCUT2D eigenvalue weighted by Gasteiger charge is -2.30. The number of allylic oxidation sites excluding steroid dienone is 2. The average molecular weight is 528 g/mol. The molecule has 0 radical (unpaired) electrons. The second-order valence-corrected chi connectivity index (χ2v) is 9.90. The molecule has 0 spiro atoms. The maximum absolute atomic E-state index is 13.8. The van der Waals surface area contributed by atoms with Crippen LogP contribution < -0.4 is 19.5 Å². The van der Waals surface area contributed by atoms with E-state index in [1.54, 1.807) is 19.9 Å². The summed E-state index contributed by atoms with van der Waals surface area (Å²) in [5, 5.41) is 5.07. The number of methoxy groups -OCH3 is 1. The minimum atomic E-state index is -1.49. The zero-order valence-electron chi connectivity index (χ0n) is 22.5. The van der Waals surface area contributed by atoms with Crippen molar-refractivity contribution in [1.82, 2.24) is 5.32 Å². The van der Waals surface area contributed by atoms with Gasteiger partial charge in [0.2, 0.25) is 0 Å². The second kappa shape index (κ2) is 9.69. The van der Waals surface area contributed by atoms with Crippen LogP contribution in [0.15, 0.2) is 54.3 Å². The van der Waals surface area contributed by atoms with E-state index in [9.17, 15) is 19.2 Å². The average Bonchev–Trinajstić information content (AvgIpc) is 3.20. The number of amides is 1. The van der Waals surface area contributed by atoms with Crippen LogP contribution in [0, 0.1) is 12.8 Å². The van der Waals surface area contributed by atoms with E-state index in [0.29, 0.717) is 5.56 Å². The number of hydrogen-bond acceptors (Lipinski definition) is 7. The van der Waals surface area contributed by atoms with Crippen LogP contribution in [0.4, 0.5) is 0 Å². The van der Waals surface area contributed by atoms with E-state index in [0.717, 1.165) is 21.9 Å². The zero-order valence-corrected chi connectivity index (χ0v) is 22.5. The summed E-state index contributed by atoms with van der Waals surface area (Å²) in [7, 11) is 1.42. The third-order valence-electron chi connectivity index (χ3n) is 7.58. The summed E-state index contributed by atoms with van der Waals surface area (Å²) in [6, 6.07) is 13.5. The molecule has 1 unspecified atom stereocenters. The largest absolute Gasteiger partial charge is 0.496 e. The van der Waals surface area contributed by atoms with Crippen molar-refractivity contribution in [3.05, 3.63) is 76.6 Å². The Hall–Kier alpha value is -4.46. The number of Topliss-reactive ketones (excluding diaryl/α,β-unsaturated/α-hetero) is 2. The maximum Gasteiger partial charge on any atom is 0.259 e. The fraction of sp³-hybridized carbons (Fsp3) is 0.290. The van der Waals surface area contributed by atoms with Gasteiger partial charge in [-0.05, 0) is 49.6 Å². The Morgan fingerprint density at radius 2 is 1.85 bits per heavy atom. The summed E-state index contributed by atoms with van der Waals surface area (Å²) in [6.45, 7) is 7.07. The molecule has 0 aromatic heterocycles. The lowest BCUT2D eigenvalue weighted by molar-refractivity contribution is -0.140. The minimum Gasteiger partial charge on any atom is -0.496 e. The highest BCUT2D eigenvalue weighted by Crippen LogP contribution is 2.56. The molecule has 5 rings (SSSR count). The highest BCUT2D eigenvalue weighted by atomic mass is 16.5. The number of aryl methyl sites for hydroxylation is 1. The van der Waals surface area contributed by atoms with Gasteiger partial charge < -0.3 is 19.5 Å². The normalized spacial score (nSPS) is 19.6. The Morgan fingerprint density at radius 3 is 2.54 bits per heavy atom. The van der Waals surface area contributed by atoms with Crippen molar-refractivity contribution in [1.29, 1.82) is 0 Å². The Kier molecular flexibility index (Phi) is 6.50. The number of hydrogen-bond donors (Lipinski definition) is 1. The summed E-state index contributed by atoms with van der Waals surface area (Å²) in [6.07, 6.45) is 1.18. The first-order valence-corrected chi connectivity index (χ1v) is 12.8. The molecule has 200 valence electrons. The van der Waals surface area contributed by atoms with Crippen molar-refractivity contribution >= 4 is 34.0 Å². The topological polar surface area (TPSA) is 108 Å². The van der Waals surface area contributed by atoms with Gasteiger partial charge in [0, 0.05) is 18.7 Å². The molecule has 3 aromatic carbocycles. The molecule has 8 nitrogen and oxygen atoms in total. The zero-order chi connectivity index (χ0) is 28.1. The van der Waals surface area contributed by atoms with Crippen molar-refractivity contribution in [3.63, 3.8) is 0 Å². The molecule has 0 saturated heterocycles. The number of carbonyl (C=O) groups excluding carboxylic acids is 4. The molecular weight excluding hydrogens is 498 g/mol. The van der Waals surface area contributed by atoms with Crippen LogP contribution >= 0.6 is 0 Å². The lowest BCUT2D eigenvalue weighted by Crippen LogP contribution is -2.47. The molecule has 1 heterocycles. The number of carbonyl (C=O) groups is 4. The maximum atomic E-state index is 13.8. The van der Waals surface area contributed by atoms with Crippen LogP contribution in [0.2, 0.25) is 0 Å². The van der Waals surface area contributed by atoms with E-state index in [1.807, 2.05) is 43.3 Å². The molecule has 1 amide bonds. The molecule has 1 N–H and O–H groups in total. The predicted octanol–water partition coefficient (Wildman–Crippen LogP) is 4.38. The molecule has 3 aromatic rings. The molecule has 1 aliphatic heterocycles. The Labute approximate surface area is 225 Å². The number of nitrogens with one attached hydrogen (secondary N) is 1. The summed E-state index contributed by atoms with van der Waals surface area (Å²) >= 11 is 0. The Bertz CT molecular complexity index is 1600. The Balaban J connectivity index is 1.62. The molecule has 0 saturated carbocycles. The van der Waals surface area contributed by atoms with Crippen molar-refractivity contribution in [2.45, 2.75) is 39.7 Å². The SMILES string of the molecule is CCOc1cc(OC)c(C(=O)NCc2c(C)ccc3ccccc23)c2c1[C@]1(C)C(=O)C(C(C)=O)C(=O)C=C1O2. The van der Waals surface area contributed by atoms with Crippen LogP contribution in [-0.4, -0.2) is 37.0 Å². The monoisotopic (exact) mass is 527 g/mol. The van der Waals surface area contributed by atoms with Gasteiger partial charge in [-0.15, -0.1) is 0 Å². The van der Waals surface area contributed by atoms with Gasteiger partial charge in [0.25, 0.3) is 5.91 Å². The van der Waals surface area contributed by atoms with E-state index in [1.165, 1.54) is 20.1 Å². The molecular formula is C31H29NO7. The van der Waals surface area contributed by atoms with Crippen LogP contribution in [0.1, 0.15) is 47.8 Å². The van der Waals surface area contributed by atoms with Crippen molar-refractivity contribution in [2.75, 3.05) is 13.7 Å². The molecule has 2 atom stereocenters. The quantitative estimate of drug-likeness (QED) is 0.455. The second-order valence-electron chi connectivity index (χ2n) is 9.90. The molecule has 8 heteroatoms. The number of ketones is 3. The van der Waals surface area contributed by atoms with Crippen LogP contribution in [-0.2, 0) is 26.3 Å². The number of rotatable bonds is 7. The van der Waals surface area contributed by atoms with Gasteiger partial charge in [-0.1, -0.05) is 36.4 Å². The molecule has 2 aliphatic rings. The van der Waals surface area contributed by atoms with Gasteiger partial charge in [0.05, 0.1) is 19.3 Å². The molecule has 0 bridgehead atoms. The smallest absolute Gasteiger partial charge is 0.259 e. The van der Waals surface area contributed by atoms with Crippen molar-refractivity contribution < 1.29 is 33.4 Å². The van der Waals surface area contributed by atoms with Gasteiger partial charge in [-0.25, -0.2) is 0 Å². The van der Waals surface area contributed by atoms with Crippen LogP contribution in [0.3, 0.4) is 0 Å². The Morgan fingerprint density at radius 1 is 1.10 bits per heavy atom. The highest BCUT2D eigenvalue weighted by Gasteiger charge is 2.58.